The molecule has 1 aliphatic heterocycles. The maximum absolute atomic E-state index is 9.26. The van der Waals surface area contributed by atoms with Crippen molar-refractivity contribution < 1.29 is 4.42 Å². The number of hydrogen-bond donors (Lipinski definition) is 0. The van der Waals surface area contributed by atoms with Gasteiger partial charge in [-0.15, -0.1) is 0 Å². The second-order valence-electron chi connectivity index (χ2n) is 4.39. The van der Waals surface area contributed by atoms with E-state index in [4.69, 9.17) is 4.42 Å². The zero-order valence-electron chi connectivity index (χ0n) is 10.4. The summed E-state index contributed by atoms with van der Waals surface area (Å²) in [5.41, 5.74) is 1.82. The summed E-state index contributed by atoms with van der Waals surface area (Å²) >= 11 is 0. The van der Waals surface area contributed by atoms with Gasteiger partial charge in [0.15, 0.2) is 0 Å². The van der Waals surface area contributed by atoms with E-state index in [-0.39, 0.29) is 6.04 Å². The monoisotopic (exact) mass is 251 g/mol. The Hall–Kier alpha value is -2.54. The van der Waals surface area contributed by atoms with Crippen LogP contribution in [0.2, 0.25) is 0 Å². The van der Waals surface area contributed by atoms with Crippen LogP contribution in [0.3, 0.4) is 0 Å². The van der Waals surface area contributed by atoms with Gasteiger partial charge >= 0.3 is 0 Å². The summed E-state index contributed by atoms with van der Waals surface area (Å²) in [5.74, 6) is 0.775. The van der Waals surface area contributed by atoms with Gasteiger partial charge in [-0.05, 0) is 37.1 Å². The lowest BCUT2D eigenvalue weighted by molar-refractivity contribution is 0.547. The van der Waals surface area contributed by atoms with Crippen LogP contribution in [-0.4, -0.2) is 11.8 Å². The van der Waals surface area contributed by atoms with Crippen LogP contribution in [0.5, 0.6) is 0 Å². The fourth-order valence-electron chi connectivity index (χ4n) is 2.20. The summed E-state index contributed by atoms with van der Waals surface area (Å²) in [4.78, 5) is 0. The third kappa shape index (κ3) is 2.23. The van der Waals surface area contributed by atoms with Crippen LogP contribution in [0.15, 0.2) is 58.2 Å². The first kappa shape index (κ1) is 11.5. The first-order valence-corrected chi connectivity index (χ1v) is 6.24. The summed E-state index contributed by atoms with van der Waals surface area (Å²) in [6.07, 6.45) is 3.15. The van der Waals surface area contributed by atoms with Crippen LogP contribution in [0, 0.1) is 11.3 Å². The second kappa shape index (κ2) is 4.99. The third-order valence-electron chi connectivity index (χ3n) is 3.15. The molecular formula is C15H13N3O. The number of rotatable bonds is 2. The highest BCUT2D eigenvalue weighted by Gasteiger charge is 2.25. The molecule has 2 aromatic rings. The van der Waals surface area contributed by atoms with E-state index in [1.165, 1.54) is 0 Å². The van der Waals surface area contributed by atoms with Gasteiger partial charge in [0.05, 0.1) is 18.0 Å². The summed E-state index contributed by atoms with van der Waals surface area (Å²) in [6.45, 7) is 0. The Morgan fingerprint density at radius 3 is 2.74 bits per heavy atom. The molecule has 0 saturated heterocycles. The Balaban J connectivity index is 1.99. The van der Waals surface area contributed by atoms with E-state index in [0.29, 0.717) is 0 Å². The molecular weight excluding hydrogens is 238 g/mol. The molecule has 1 aromatic heterocycles. The zero-order chi connectivity index (χ0) is 13.1. The highest BCUT2D eigenvalue weighted by Crippen LogP contribution is 2.25. The minimum Gasteiger partial charge on any atom is -0.463 e. The van der Waals surface area contributed by atoms with E-state index < -0.39 is 0 Å². The fourth-order valence-corrected chi connectivity index (χ4v) is 2.20. The Labute approximate surface area is 111 Å². The lowest BCUT2D eigenvalue weighted by atomic mass is 10.0. The largest absolute Gasteiger partial charge is 0.463 e. The van der Waals surface area contributed by atoms with E-state index >= 15 is 0 Å². The minimum absolute atomic E-state index is 0.221. The summed E-state index contributed by atoms with van der Waals surface area (Å²) in [7, 11) is 0. The van der Waals surface area contributed by atoms with Crippen LogP contribution < -0.4 is 5.01 Å². The highest BCUT2D eigenvalue weighted by atomic mass is 16.3. The minimum atomic E-state index is -0.221. The van der Waals surface area contributed by atoms with E-state index in [1.54, 1.807) is 11.3 Å². The van der Waals surface area contributed by atoms with Crippen molar-refractivity contribution in [3.63, 3.8) is 0 Å². The van der Waals surface area contributed by atoms with E-state index in [1.807, 2.05) is 42.5 Å². The van der Waals surface area contributed by atoms with E-state index in [2.05, 4.69) is 11.2 Å². The van der Waals surface area contributed by atoms with Gasteiger partial charge in [-0.25, -0.2) is 5.01 Å². The zero-order valence-corrected chi connectivity index (χ0v) is 10.4. The van der Waals surface area contributed by atoms with Crippen molar-refractivity contribution in [2.24, 2.45) is 5.10 Å². The fraction of sp³-hybridized carbons (Fsp3) is 0.200. The Morgan fingerprint density at radius 1 is 1.21 bits per heavy atom. The standard InChI is InChI=1S/C15H13N3O/c16-11-13-8-9-14(15-7-4-10-19-15)17-18(13)12-5-2-1-3-6-12/h1-7,10,13H,8-9H2. The number of anilines is 1. The maximum atomic E-state index is 9.26. The third-order valence-corrected chi connectivity index (χ3v) is 3.15. The van der Waals surface area contributed by atoms with Gasteiger partial charge in [0.25, 0.3) is 0 Å². The predicted octanol–water partition coefficient (Wildman–Crippen LogP) is 3.18. The van der Waals surface area contributed by atoms with Crippen molar-refractivity contribution in [3.8, 4) is 6.07 Å². The van der Waals surface area contributed by atoms with Gasteiger partial charge in [0, 0.05) is 0 Å². The normalized spacial score (nSPS) is 18.8. The van der Waals surface area contributed by atoms with Crippen molar-refractivity contribution in [3.05, 3.63) is 54.5 Å². The number of nitriles is 1. The van der Waals surface area contributed by atoms with Crippen LogP contribution in [-0.2, 0) is 0 Å². The number of para-hydroxylation sites is 1. The van der Waals surface area contributed by atoms with Gasteiger partial charge in [-0.2, -0.15) is 10.4 Å². The van der Waals surface area contributed by atoms with Gasteiger partial charge < -0.3 is 4.42 Å². The molecule has 94 valence electrons. The molecule has 0 spiro atoms. The first-order valence-electron chi connectivity index (χ1n) is 6.24. The van der Waals surface area contributed by atoms with E-state index in [9.17, 15) is 5.26 Å². The highest BCUT2D eigenvalue weighted by molar-refractivity contribution is 5.99. The van der Waals surface area contributed by atoms with Gasteiger partial charge in [-0.1, -0.05) is 18.2 Å². The Morgan fingerprint density at radius 2 is 2.05 bits per heavy atom. The molecule has 0 N–H and O–H groups in total. The van der Waals surface area contributed by atoms with Crippen LogP contribution in [0.25, 0.3) is 0 Å². The summed E-state index contributed by atoms with van der Waals surface area (Å²) < 4.78 is 5.39. The van der Waals surface area contributed by atoms with Crippen molar-refractivity contribution in [2.75, 3.05) is 5.01 Å². The van der Waals surface area contributed by atoms with Gasteiger partial charge in [-0.3, -0.25) is 0 Å². The SMILES string of the molecule is N#CC1CCC(c2ccco2)=NN1c1ccccc1. The molecule has 0 saturated carbocycles. The molecule has 2 heterocycles. The quantitative estimate of drug-likeness (QED) is 0.823. The summed E-state index contributed by atoms with van der Waals surface area (Å²) in [5, 5.41) is 15.6. The number of hydrazone groups is 1. The van der Waals surface area contributed by atoms with Gasteiger partial charge in [0.2, 0.25) is 0 Å². The Bertz CT molecular complexity index is 611. The lowest BCUT2D eigenvalue weighted by Gasteiger charge is -2.29. The molecule has 1 atom stereocenters. The number of furan rings is 1. The smallest absolute Gasteiger partial charge is 0.149 e. The molecule has 0 bridgehead atoms. The molecule has 1 aliphatic rings. The average molecular weight is 251 g/mol. The predicted molar refractivity (Wildman–Crippen MR) is 72.8 cm³/mol. The molecule has 1 unspecified atom stereocenters. The number of benzene rings is 1. The molecule has 0 fully saturated rings. The summed E-state index contributed by atoms with van der Waals surface area (Å²) in [6, 6.07) is 15.6. The second-order valence-corrected chi connectivity index (χ2v) is 4.39. The molecule has 1 aromatic carbocycles. The maximum Gasteiger partial charge on any atom is 0.149 e. The van der Waals surface area contributed by atoms with Crippen molar-refractivity contribution in [1.82, 2.24) is 0 Å². The van der Waals surface area contributed by atoms with Crippen LogP contribution >= 0.6 is 0 Å². The molecule has 4 heteroatoms. The lowest BCUT2D eigenvalue weighted by Crippen LogP contribution is -2.35. The molecule has 3 rings (SSSR count). The number of hydrogen-bond acceptors (Lipinski definition) is 4. The number of nitrogens with zero attached hydrogens (tertiary/aromatic N) is 3. The van der Waals surface area contributed by atoms with Crippen molar-refractivity contribution in [2.45, 2.75) is 18.9 Å². The Kier molecular flexibility index (Phi) is 3.03. The molecule has 0 amide bonds. The molecule has 0 aliphatic carbocycles. The van der Waals surface area contributed by atoms with Crippen molar-refractivity contribution >= 4 is 11.4 Å². The van der Waals surface area contributed by atoms with E-state index in [0.717, 1.165) is 30.0 Å². The molecule has 4 nitrogen and oxygen atoms in total. The van der Waals surface area contributed by atoms with Crippen molar-refractivity contribution in [1.29, 1.82) is 5.26 Å². The topological polar surface area (TPSA) is 52.5 Å². The average Bonchev–Trinajstić information content (AvgIpc) is 3.02. The van der Waals surface area contributed by atoms with Gasteiger partial charge in [0.1, 0.15) is 17.5 Å². The first-order chi connectivity index (χ1) is 9.38. The molecule has 0 radical (unpaired) electrons. The van der Waals surface area contributed by atoms with Crippen LogP contribution in [0.1, 0.15) is 18.6 Å². The van der Waals surface area contributed by atoms with Crippen LogP contribution in [0.4, 0.5) is 5.69 Å². The molecule has 19 heavy (non-hydrogen) atoms.